The molecular weight excluding hydrogens is 318 g/mol. The molecule has 0 atom stereocenters. The number of benzene rings is 1. The van der Waals surface area contributed by atoms with Crippen LogP contribution in [0.5, 0.6) is 5.75 Å². The number of hydrogen-bond donors (Lipinski definition) is 2. The highest BCUT2D eigenvalue weighted by Crippen LogP contribution is 2.29. The first-order chi connectivity index (χ1) is 11.0. The minimum atomic E-state index is -3.39. The van der Waals surface area contributed by atoms with E-state index in [1.54, 1.807) is 7.11 Å². The predicted octanol–water partition coefficient (Wildman–Crippen LogP) is 0.946. The van der Waals surface area contributed by atoms with Gasteiger partial charge >= 0.3 is 0 Å². The van der Waals surface area contributed by atoms with Gasteiger partial charge in [-0.15, -0.1) is 0 Å². The maximum Gasteiger partial charge on any atom is 0.211 e. The molecule has 23 heavy (non-hydrogen) atoms. The van der Waals surface area contributed by atoms with Crippen molar-refractivity contribution in [2.45, 2.75) is 19.3 Å². The lowest BCUT2D eigenvalue weighted by Crippen LogP contribution is -2.44. The fraction of sp³-hybridized carbons (Fsp3) is 0.625. The first kappa shape index (κ1) is 18.2. The minimum absolute atomic E-state index is 0.0121. The van der Waals surface area contributed by atoms with Gasteiger partial charge in [0.25, 0.3) is 0 Å². The van der Waals surface area contributed by atoms with Crippen LogP contribution in [0.2, 0.25) is 0 Å². The monoisotopic (exact) mass is 343 g/mol. The molecule has 130 valence electrons. The Bertz CT molecular complexity index is 596. The zero-order valence-electron chi connectivity index (χ0n) is 13.5. The van der Waals surface area contributed by atoms with E-state index in [9.17, 15) is 13.5 Å². The van der Waals surface area contributed by atoms with Crippen LogP contribution in [-0.4, -0.2) is 52.8 Å². The third kappa shape index (κ3) is 5.46. The maximum absolute atomic E-state index is 12.2. The molecule has 6 nitrogen and oxygen atoms in total. The number of ether oxygens (including phenoxy) is 2. The summed E-state index contributed by atoms with van der Waals surface area (Å²) in [7, 11) is -1.81. The molecule has 1 aliphatic rings. The van der Waals surface area contributed by atoms with Gasteiger partial charge in [-0.3, -0.25) is 0 Å². The van der Waals surface area contributed by atoms with Gasteiger partial charge < -0.3 is 14.6 Å². The van der Waals surface area contributed by atoms with E-state index in [2.05, 4.69) is 4.72 Å². The minimum Gasteiger partial charge on any atom is -0.497 e. The lowest BCUT2D eigenvalue weighted by atomic mass is 9.81. The van der Waals surface area contributed by atoms with E-state index in [0.29, 0.717) is 38.2 Å². The summed E-state index contributed by atoms with van der Waals surface area (Å²) in [4.78, 5) is 0. The third-order valence-corrected chi connectivity index (χ3v) is 5.68. The molecule has 2 rings (SSSR count). The summed E-state index contributed by atoms with van der Waals surface area (Å²) in [6.45, 7) is 1.35. The molecular formula is C16H25NO5S. The van der Waals surface area contributed by atoms with E-state index in [1.807, 2.05) is 24.3 Å². The molecule has 1 saturated heterocycles. The summed E-state index contributed by atoms with van der Waals surface area (Å²) in [6.07, 6.45) is 1.76. The van der Waals surface area contributed by atoms with Gasteiger partial charge in [-0.05, 0) is 37.0 Å². The lowest BCUT2D eigenvalue weighted by Gasteiger charge is -2.35. The topological polar surface area (TPSA) is 84.9 Å². The van der Waals surface area contributed by atoms with Crippen molar-refractivity contribution >= 4 is 10.0 Å². The summed E-state index contributed by atoms with van der Waals surface area (Å²) < 4.78 is 37.5. The molecule has 1 heterocycles. The summed E-state index contributed by atoms with van der Waals surface area (Å²) in [6, 6.07) is 7.39. The molecule has 0 aromatic heterocycles. The molecule has 0 unspecified atom stereocenters. The van der Waals surface area contributed by atoms with Gasteiger partial charge in [0.1, 0.15) is 5.75 Å². The molecule has 0 aliphatic carbocycles. The highest BCUT2D eigenvalue weighted by atomic mass is 32.2. The van der Waals surface area contributed by atoms with Crippen molar-refractivity contribution in [3.63, 3.8) is 0 Å². The van der Waals surface area contributed by atoms with E-state index in [1.165, 1.54) is 0 Å². The van der Waals surface area contributed by atoms with Crippen LogP contribution in [0, 0.1) is 5.41 Å². The Morgan fingerprint density at radius 1 is 1.35 bits per heavy atom. The average molecular weight is 343 g/mol. The first-order valence-corrected chi connectivity index (χ1v) is 9.43. The molecule has 1 aliphatic heterocycles. The van der Waals surface area contributed by atoms with E-state index < -0.39 is 15.4 Å². The Balaban J connectivity index is 1.88. The number of aliphatic hydroxyl groups excluding tert-OH is 1. The number of sulfonamides is 1. The number of hydrogen-bond acceptors (Lipinski definition) is 5. The number of nitrogens with one attached hydrogen (secondary N) is 1. The van der Waals surface area contributed by atoms with Crippen LogP contribution in [0.25, 0.3) is 0 Å². The second kappa shape index (κ2) is 8.10. The molecule has 7 heteroatoms. The summed E-state index contributed by atoms with van der Waals surface area (Å²) in [5.41, 5.74) is 0.513. The van der Waals surface area contributed by atoms with Gasteiger partial charge in [-0.25, -0.2) is 13.1 Å². The highest BCUT2D eigenvalue weighted by molar-refractivity contribution is 7.89. The van der Waals surface area contributed by atoms with Crippen molar-refractivity contribution in [1.82, 2.24) is 4.72 Å². The van der Waals surface area contributed by atoms with Crippen molar-refractivity contribution in [3.8, 4) is 5.75 Å². The second-order valence-electron chi connectivity index (χ2n) is 6.01. The molecule has 0 bridgehead atoms. The van der Waals surface area contributed by atoms with Crippen LogP contribution >= 0.6 is 0 Å². The normalized spacial score (nSPS) is 17.8. The third-order valence-electron chi connectivity index (χ3n) is 4.35. The zero-order chi connectivity index (χ0) is 16.8. The fourth-order valence-electron chi connectivity index (χ4n) is 2.61. The summed E-state index contributed by atoms with van der Waals surface area (Å²) >= 11 is 0. The second-order valence-corrected chi connectivity index (χ2v) is 7.94. The Kier molecular flexibility index (Phi) is 6.41. The first-order valence-electron chi connectivity index (χ1n) is 7.77. The van der Waals surface area contributed by atoms with E-state index in [4.69, 9.17) is 9.47 Å². The molecule has 0 radical (unpaired) electrons. The summed E-state index contributed by atoms with van der Waals surface area (Å²) in [5, 5.41) is 9.60. The molecule has 2 N–H and O–H groups in total. The van der Waals surface area contributed by atoms with Gasteiger partial charge in [0, 0.05) is 25.2 Å². The van der Waals surface area contributed by atoms with Crippen LogP contribution in [-0.2, 0) is 21.2 Å². The van der Waals surface area contributed by atoms with Gasteiger partial charge in [0.15, 0.2) is 0 Å². The maximum atomic E-state index is 12.2. The molecule has 1 aromatic carbocycles. The molecule has 1 aromatic rings. The molecule has 1 fully saturated rings. The van der Waals surface area contributed by atoms with Gasteiger partial charge in [-0.1, -0.05) is 12.1 Å². The summed E-state index contributed by atoms with van der Waals surface area (Å²) in [5.74, 6) is 0.729. The van der Waals surface area contributed by atoms with Crippen LogP contribution in [0.4, 0.5) is 0 Å². The van der Waals surface area contributed by atoms with Crippen molar-refractivity contribution in [3.05, 3.63) is 29.8 Å². The van der Waals surface area contributed by atoms with Crippen LogP contribution < -0.4 is 9.46 Å². The van der Waals surface area contributed by atoms with E-state index in [-0.39, 0.29) is 18.9 Å². The van der Waals surface area contributed by atoms with Crippen LogP contribution in [0.3, 0.4) is 0 Å². The van der Waals surface area contributed by atoms with Gasteiger partial charge in [0.05, 0.1) is 19.5 Å². The smallest absolute Gasteiger partial charge is 0.211 e. The van der Waals surface area contributed by atoms with Crippen molar-refractivity contribution < 1.29 is 23.0 Å². The lowest BCUT2D eigenvalue weighted by molar-refractivity contribution is -0.0126. The van der Waals surface area contributed by atoms with Gasteiger partial charge in [-0.2, -0.15) is 0 Å². The molecule has 0 amide bonds. The number of rotatable bonds is 8. The van der Waals surface area contributed by atoms with E-state index >= 15 is 0 Å². The Labute approximate surface area is 137 Å². The van der Waals surface area contributed by atoms with E-state index in [0.717, 1.165) is 5.56 Å². The van der Waals surface area contributed by atoms with Crippen LogP contribution in [0.1, 0.15) is 18.4 Å². The highest BCUT2D eigenvalue weighted by Gasteiger charge is 2.33. The largest absolute Gasteiger partial charge is 0.497 e. The SMILES string of the molecule is COc1cccc(CCS(=O)(=O)NCC2(CO)CCOCC2)c1. The Hall–Kier alpha value is -1.15. The quantitative estimate of drug-likeness (QED) is 0.734. The molecule has 0 saturated carbocycles. The number of methoxy groups -OCH3 is 1. The zero-order valence-corrected chi connectivity index (χ0v) is 14.3. The van der Waals surface area contributed by atoms with Crippen molar-refractivity contribution in [2.24, 2.45) is 5.41 Å². The predicted molar refractivity (Wildman–Crippen MR) is 88.1 cm³/mol. The molecule has 0 spiro atoms. The Morgan fingerprint density at radius 2 is 2.09 bits per heavy atom. The van der Waals surface area contributed by atoms with Crippen molar-refractivity contribution in [2.75, 3.05) is 39.2 Å². The average Bonchev–Trinajstić information content (AvgIpc) is 2.59. The fourth-order valence-corrected chi connectivity index (χ4v) is 3.79. The standard InChI is InChI=1S/C16H25NO5S/c1-21-15-4-2-3-14(11-15)5-10-23(19,20)17-12-16(13-18)6-8-22-9-7-16/h2-4,11,17-18H,5-10,12-13H2,1H3. The van der Waals surface area contributed by atoms with Crippen LogP contribution in [0.15, 0.2) is 24.3 Å². The Morgan fingerprint density at radius 3 is 2.74 bits per heavy atom. The number of aliphatic hydroxyl groups is 1. The number of aryl methyl sites for hydroxylation is 1. The van der Waals surface area contributed by atoms with Crippen molar-refractivity contribution in [1.29, 1.82) is 0 Å². The van der Waals surface area contributed by atoms with Gasteiger partial charge in [0.2, 0.25) is 10.0 Å².